The van der Waals surface area contributed by atoms with Crippen LogP contribution in [0.2, 0.25) is 0 Å². The lowest BCUT2D eigenvalue weighted by molar-refractivity contribution is -0.129. The Morgan fingerprint density at radius 3 is 2.79 bits per heavy atom. The van der Waals surface area contributed by atoms with E-state index in [2.05, 4.69) is 24.3 Å². The highest BCUT2D eigenvalue weighted by atomic mass is 32.1. The lowest BCUT2D eigenvalue weighted by atomic mass is 9.99. The van der Waals surface area contributed by atoms with E-state index in [4.69, 9.17) is 0 Å². The third-order valence-corrected chi connectivity index (χ3v) is 4.59. The van der Waals surface area contributed by atoms with Crippen molar-refractivity contribution in [3.63, 3.8) is 0 Å². The maximum atomic E-state index is 12.2. The number of carbonyl (C=O) groups excluding carboxylic acids is 1. The van der Waals surface area contributed by atoms with Gasteiger partial charge in [-0.2, -0.15) is 0 Å². The van der Waals surface area contributed by atoms with Crippen LogP contribution in [-0.4, -0.2) is 23.9 Å². The molecule has 3 heteroatoms. The number of hydrogen-bond donors (Lipinski definition) is 0. The third kappa shape index (κ3) is 2.87. The van der Waals surface area contributed by atoms with Crippen molar-refractivity contribution < 1.29 is 4.79 Å². The van der Waals surface area contributed by atoms with Crippen LogP contribution in [0.15, 0.2) is 47.8 Å². The summed E-state index contributed by atoms with van der Waals surface area (Å²) < 4.78 is 0. The molecule has 0 bridgehead atoms. The number of likely N-dealkylation sites (tertiary alicyclic amines) is 1. The number of benzene rings is 1. The normalized spacial score (nSPS) is 18.7. The number of nitrogens with zero attached hydrogens (tertiary/aromatic N) is 1. The first-order chi connectivity index (χ1) is 9.33. The summed E-state index contributed by atoms with van der Waals surface area (Å²) in [4.78, 5) is 15.4. The summed E-state index contributed by atoms with van der Waals surface area (Å²) in [7, 11) is 0. The standard InChI is InChI=1S/C16H17NOS/c18-16(11-15-7-4-10-19-15)17-9-8-14(12-17)13-5-2-1-3-6-13/h1-7,10,14H,8-9,11-12H2. The van der Waals surface area contributed by atoms with Crippen molar-refractivity contribution in [1.29, 1.82) is 0 Å². The molecule has 0 radical (unpaired) electrons. The van der Waals surface area contributed by atoms with E-state index in [1.54, 1.807) is 11.3 Å². The fraction of sp³-hybridized carbons (Fsp3) is 0.312. The Kier molecular flexibility index (Phi) is 3.65. The highest BCUT2D eigenvalue weighted by molar-refractivity contribution is 7.10. The van der Waals surface area contributed by atoms with Crippen molar-refractivity contribution in [2.75, 3.05) is 13.1 Å². The fourth-order valence-corrected chi connectivity index (χ4v) is 3.35. The zero-order valence-corrected chi connectivity index (χ0v) is 11.6. The average molecular weight is 271 g/mol. The lowest BCUT2D eigenvalue weighted by Crippen LogP contribution is -2.29. The maximum absolute atomic E-state index is 12.2. The zero-order valence-electron chi connectivity index (χ0n) is 10.8. The lowest BCUT2D eigenvalue weighted by Gasteiger charge is -2.16. The second-order valence-corrected chi connectivity index (χ2v) is 6.02. The average Bonchev–Trinajstić information content (AvgIpc) is 3.10. The molecule has 19 heavy (non-hydrogen) atoms. The molecule has 1 atom stereocenters. The second-order valence-electron chi connectivity index (χ2n) is 4.99. The van der Waals surface area contributed by atoms with Gasteiger partial charge in [0.2, 0.25) is 5.91 Å². The van der Waals surface area contributed by atoms with Crippen LogP contribution >= 0.6 is 11.3 Å². The van der Waals surface area contributed by atoms with E-state index in [1.807, 2.05) is 28.5 Å². The SMILES string of the molecule is O=C(Cc1cccs1)N1CCC(c2ccccc2)C1. The van der Waals surface area contributed by atoms with Crippen LogP contribution < -0.4 is 0 Å². The second kappa shape index (κ2) is 5.57. The molecule has 1 aliphatic heterocycles. The molecule has 1 unspecified atom stereocenters. The summed E-state index contributed by atoms with van der Waals surface area (Å²) in [5.41, 5.74) is 1.36. The molecule has 1 aromatic carbocycles. The number of carbonyl (C=O) groups is 1. The Balaban J connectivity index is 1.61. The van der Waals surface area contributed by atoms with Crippen molar-refractivity contribution in [3.05, 3.63) is 58.3 Å². The molecule has 1 aliphatic rings. The zero-order chi connectivity index (χ0) is 13.1. The first-order valence-corrected chi connectivity index (χ1v) is 7.56. The highest BCUT2D eigenvalue weighted by Gasteiger charge is 2.27. The molecule has 2 nitrogen and oxygen atoms in total. The number of thiophene rings is 1. The first-order valence-electron chi connectivity index (χ1n) is 6.68. The van der Waals surface area contributed by atoms with E-state index in [1.165, 1.54) is 5.56 Å². The van der Waals surface area contributed by atoms with Gasteiger partial charge in [0, 0.05) is 23.9 Å². The van der Waals surface area contributed by atoms with Crippen LogP contribution in [0.4, 0.5) is 0 Å². The predicted octanol–water partition coefficient (Wildman–Crippen LogP) is 3.31. The van der Waals surface area contributed by atoms with Crippen LogP contribution in [-0.2, 0) is 11.2 Å². The first kappa shape index (κ1) is 12.4. The minimum atomic E-state index is 0.265. The van der Waals surface area contributed by atoms with Crippen LogP contribution in [0.3, 0.4) is 0 Å². The van der Waals surface area contributed by atoms with E-state index in [0.29, 0.717) is 12.3 Å². The van der Waals surface area contributed by atoms with Crippen LogP contribution in [0.1, 0.15) is 22.8 Å². The summed E-state index contributed by atoms with van der Waals surface area (Å²) in [5, 5.41) is 2.03. The molecule has 1 amide bonds. The molecule has 2 aromatic rings. The molecule has 2 heterocycles. The minimum Gasteiger partial charge on any atom is -0.342 e. The van der Waals surface area contributed by atoms with E-state index in [-0.39, 0.29) is 5.91 Å². The summed E-state index contributed by atoms with van der Waals surface area (Å²) in [5.74, 6) is 0.773. The van der Waals surface area contributed by atoms with Crippen molar-refractivity contribution in [2.24, 2.45) is 0 Å². The van der Waals surface area contributed by atoms with Gasteiger partial charge in [-0.3, -0.25) is 4.79 Å². The van der Waals surface area contributed by atoms with Gasteiger partial charge in [0.1, 0.15) is 0 Å². The van der Waals surface area contributed by atoms with E-state index < -0.39 is 0 Å². The van der Waals surface area contributed by atoms with Crippen LogP contribution in [0.25, 0.3) is 0 Å². The Labute approximate surface area is 117 Å². The van der Waals surface area contributed by atoms with E-state index in [9.17, 15) is 4.79 Å². The summed E-state index contributed by atoms with van der Waals surface area (Å²) in [6.07, 6.45) is 1.64. The van der Waals surface area contributed by atoms with Crippen molar-refractivity contribution in [1.82, 2.24) is 4.90 Å². The Bertz CT molecular complexity index is 535. The largest absolute Gasteiger partial charge is 0.342 e. The molecule has 0 aliphatic carbocycles. The van der Waals surface area contributed by atoms with Gasteiger partial charge >= 0.3 is 0 Å². The molecular weight excluding hydrogens is 254 g/mol. The Hall–Kier alpha value is -1.61. The quantitative estimate of drug-likeness (QED) is 0.838. The van der Waals surface area contributed by atoms with Gasteiger partial charge < -0.3 is 4.90 Å². The highest BCUT2D eigenvalue weighted by Crippen LogP contribution is 2.27. The number of amides is 1. The number of hydrogen-bond acceptors (Lipinski definition) is 2. The van der Waals surface area contributed by atoms with E-state index >= 15 is 0 Å². The Morgan fingerprint density at radius 2 is 2.05 bits per heavy atom. The molecule has 0 saturated carbocycles. The van der Waals surface area contributed by atoms with Crippen molar-refractivity contribution in [2.45, 2.75) is 18.8 Å². The van der Waals surface area contributed by atoms with Gasteiger partial charge in [-0.05, 0) is 23.4 Å². The van der Waals surface area contributed by atoms with Gasteiger partial charge in [-0.1, -0.05) is 36.4 Å². The molecule has 98 valence electrons. The fourth-order valence-electron chi connectivity index (χ4n) is 2.66. The van der Waals surface area contributed by atoms with Gasteiger partial charge in [-0.25, -0.2) is 0 Å². The summed E-state index contributed by atoms with van der Waals surface area (Å²) in [6, 6.07) is 14.6. The van der Waals surface area contributed by atoms with E-state index in [0.717, 1.165) is 24.4 Å². The smallest absolute Gasteiger partial charge is 0.227 e. The molecule has 0 spiro atoms. The third-order valence-electron chi connectivity index (χ3n) is 3.72. The minimum absolute atomic E-state index is 0.265. The molecule has 1 fully saturated rings. The van der Waals surface area contributed by atoms with Crippen molar-refractivity contribution >= 4 is 17.2 Å². The molecule has 1 saturated heterocycles. The van der Waals surface area contributed by atoms with Crippen LogP contribution in [0, 0.1) is 0 Å². The summed E-state index contributed by atoms with van der Waals surface area (Å²) >= 11 is 1.66. The van der Waals surface area contributed by atoms with Gasteiger partial charge in [-0.15, -0.1) is 11.3 Å². The van der Waals surface area contributed by atoms with Gasteiger partial charge in [0.15, 0.2) is 0 Å². The van der Waals surface area contributed by atoms with Gasteiger partial charge in [0.25, 0.3) is 0 Å². The Morgan fingerprint density at radius 1 is 1.21 bits per heavy atom. The monoisotopic (exact) mass is 271 g/mol. The molecule has 1 aromatic heterocycles. The summed E-state index contributed by atoms with van der Waals surface area (Å²) in [6.45, 7) is 1.76. The topological polar surface area (TPSA) is 20.3 Å². The maximum Gasteiger partial charge on any atom is 0.227 e. The van der Waals surface area contributed by atoms with Crippen LogP contribution in [0.5, 0.6) is 0 Å². The predicted molar refractivity (Wildman–Crippen MR) is 78.4 cm³/mol. The molecule has 3 rings (SSSR count). The molecular formula is C16H17NOS. The molecule has 0 N–H and O–H groups in total. The van der Waals surface area contributed by atoms with Crippen molar-refractivity contribution in [3.8, 4) is 0 Å². The van der Waals surface area contributed by atoms with Gasteiger partial charge in [0.05, 0.1) is 6.42 Å². The number of rotatable bonds is 3.